The quantitative estimate of drug-likeness (QED) is 0.692. The highest BCUT2D eigenvalue weighted by Gasteiger charge is 2.05. The lowest BCUT2D eigenvalue weighted by molar-refractivity contribution is -0.116. The molecule has 13 heavy (non-hydrogen) atoms. The summed E-state index contributed by atoms with van der Waals surface area (Å²) in [5.41, 5.74) is 6.12. The summed E-state index contributed by atoms with van der Waals surface area (Å²) < 4.78 is 1.63. The van der Waals surface area contributed by atoms with Gasteiger partial charge < -0.3 is 11.1 Å². The van der Waals surface area contributed by atoms with Crippen molar-refractivity contribution in [3.8, 4) is 0 Å². The first-order valence-electron chi connectivity index (χ1n) is 4.14. The van der Waals surface area contributed by atoms with Gasteiger partial charge in [0.2, 0.25) is 5.91 Å². The Morgan fingerprint density at radius 1 is 1.77 bits per heavy atom. The topological polar surface area (TPSA) is 72.9 Å². The molecule has 1 rings (SSSR count). The fourth-order valence-electron chi connectivity index (χ4n) is 1.06. The van der Waals surface area contributed by atoms with Gasteiger partial charge in [-0.2, -0.15) is 5.10 Å². The second-order valence-electron chi connectivity index (χ2n) is 2.88. The summed E-state index contributed by atoms with van der Waals surface area (Å²) in [4.78, 5) is 11.1. The molecule has 0 atom stereocenters. The van der Waals surface area contributed by atoms with Gasteiger partial charge in [-0.3, -0.25) is 9.48 Å². The average Bonchev–Trinajstić information content (AvgIpc) is 2.30. The summed E-state index contributed by atoms with van der Waals surface area (Å²) in [7, 11) is 1.78. The standard InChI is InChI=1S/C8H14N4O/c1-6-5-7(12(2)11-6)10-8(13)3-4-9/h5H,3-4,9H2,1-2H3,(H,10,13). The van der Waals surface area contributed by atoms with Gasteiger partial charge in [0.05, 0.1) is 5.69 Å². The lowest BCUT2D eigenvalue weighted by atomic mass is 10.4. The fraction of sp³-hybridized carbons (Fsp3) is 0.500. The lowest BCUT2D eigenvalue weighted by Crippen LogP contribution is -2.17. The third-order valence-electron chi connectivity index (χ3n) is 1.64. The molecule has 1 amide bonds. The zero-order chi connectivity index (χ0) is 9.84. The van der Waals surface area contributed by atoms with E-state index in [-0.39, 0.29) is 5.91 Å². The van der Waals surface area contributed by atoms with Gasteiger partial charge in [-0.05, 0) is 6.92 Å². The second-order valence-corrected chi connectivity index (χ2v) is 2.88. The van der Waals surface area contributed by atoms with E-state index in [4.69, 9.17) is 5.73 Å². The molecular weight excluding hydrogens is 168 g/mol. The van der Waals surface area contributed by atoms with Crippen LogP contribution in [0.4, 0.5) is 5.82 Å². The molecule has 0 saturated carbocycles. The van der Waals surface area contributed by atoms with Crippen LogP contribution in [0, 0.1) is 6.92 Å². The molecule has 0 radical (unpaired) electrons. The van der Waals surface area contributed by atoms with Crippen LogP contribution in [0.25, 0.3) is 0 Å². The molecule has 3 N–H and O–H groups in total. The number of nitrogens with two attached hydrogens (primary N) is 1. The van der Waals surface area contributed by atoms with E-state index in [2.05, 4.69) is 10.4 Å². The lowest BCUT2D eigenvalue weighted by Gasteiger charge is -2.02. The van der Waals surface area contributed by atoms with E-state index in [9.17, 15) is 4.79 Å². The van der Waals surface area contributed by atoms with Crippen LogP contribution < -0.4 is 11.1 Å². The molecule has 0 aliphatic heterocycles. The first-order valence-corrected chi connectivity index (χ1v) is 4.14. The zero-order valence-electron chi connectivity index (χ0n) is 7.87. The maximum Gasteiger partial charge on any atom is 0.226 e. The maximum atomic E-state index is 11.1. The molecule has 1 heterocycles. The van der Waals surface area contributed by atoms with E-state index in [1.807, 2.05) is 13.0 Å². The highest BCUT2D eigenvalue weighted by atomic mass is 16.1. The Balaban J connectivity index is 2.63. The van der Waals surface area contributed by atoms with Crippen molar-refractivity contribution in [2.75, 3.05) is 11.9 Å². The zero-order valence-corrected chi connectivity index (χ0v) is 7.87. The average molecular weight is 182 g/mol. The van der Waals surface area contributed by atoms with E-state index >= 15 is 0 Å². The molecule has 0 unspecified atom stereocenters. The molecule has 5 heteroatoms. The SMILES string of the molecule is Cc1cc(NC(=O)CCN)n(C)n1. The number of carbonyl (C=O) groups is 1. The minimum atomic E-state index is -0.0782. The van der Waals surface area contributed by atoms with Crippen molar-refractivity contribution in [2.24, 2.45) is 12.8 Å². The highest BCUT2D eigenvalue weighted by molar-refractivity contribution is 5.89. The molecule has 0 aliphatic rings. The van der Waals surface area contributed by atoms with E-state index < -0.39 is 0 Å². The molecule has 0 saturated heterocycles. The molecule has 0 bridgehead atoms. The van der Waals surface area contributed by atoms with Gasteiger partial charge in [0.1, 0.15) is 5.82 Å². The van der Waals surface area contributed by atoms with Crippen LogP contribution >= 0.6 is 0 Å². The molecule has 0 spiro atoms. The number of nitrogens with one attached hydrogen (secondary N) is 1. The predicted molar refractivity (Wildman–Crippen MR) is 50.2 cm³/mol. The van der Waals surface area contributed by atoms with Gasteiger partial charge in [-0.1, -0.05) is 0 Å². The van der Waals surface area contributed by atoms with Crippen molar-refractivity contribution in [1.29, 1.82) is 0 Å². The summed E-state index contributed by atoms with van der Waals surface area (Å²) in [5.74, 6) is 0.626. The molecular formula is C8H14N4O. The Kier molecular flexibility index (Phi) is 3.02. The van der Waals surface area contributed by atoms with Crippen LogP contribution in [0.3, 0.4) is 0 Å². The van der Waals surface area contributed by atoms with Gasteiger partial charge in [-0.25, -0.2) is 0 Å². The van der Waals surface area contributed by atoms with Gasteiger partial charge in [0.15, 0.2) is 0 Å². The maximum absolute atomic E-state index is 11.1. The van der Waals surface area contributed by atoms with Gasteiger partial charge >= 0.3 is 0 Å². The number of hydrogen-bond donors (Lipinski definition) is 2. The summed E-state index contributed by atoms with van der Waals surface area (Å²) in [6, 6.07) is 1.81. The number of hydrogen-bond acceptors (Lipinski definition) is 3. The van der Waals surface area contributed by atoms with Gasteiger partial charge in [-0.15, -0.1) is 0 Å². The van der Waals surface area contributed by atoms with Crippen molar-refractivity contribution in [3.05, 3.63) is 11.8 Å². The normalized spacial score (nSPS) is 10.1. The van der Waals surface area contributed by atoms with E-state index in [1.54, 1.807) is 11.7 Å². The minimum absolute atomic E-state index is 0.0782. The van der Waals surface area contributed by atoms with E-state index in [0.717, 1.165) is 5.69 Å². The van der Waals surface area contributed by atoms with Crippen molar-refractivity contribution in [3.63, 3.8) is 0 Å². The largest absolute Gasteiger partial charge is 0.330 e. The molecule has 72 valence electrons. The number of rotatable bonds is 3. The van der Waals surface area contributed by atoms with Crippen LogP contribution in [0.1, 0.15) is 12.1 Å². The number of aromatic nitrogens is 2. The monoisotopic (exact) mass is 182 g/mol. The summed E-state index contributed by atoms with van der Waals surface area (Å²) in [6.45, 7) is 2.24. The molecule has 1 aromatic heterocycles. The summed E-state index contributed by atoms with van der Waals surface area (Å²) >= 11 is 0. The molecule has 1 aromatic rings. The molecule has 0 aromatic carbocycles. The Labute approximate surface area is 76.9 Å². The van der Waals surface area contributed by atoms with Crippen LogP contribution in [-0.4, -0.2) is 22.2 Å². The summed E-state index contributed by atoms with van der Waals surface area (Å²) in [5, 5.41) is 6.81. The molecule has 0 aliphatic carbocycles. The Hall–Kier alpha value is -1.36. The Morgan fingerprint density at radius 3 is 2.92 bits per heavy atom. The third-order valence-corrected chi connectivity index (χ3v) is 1.64. The number of amides is 1. The van der Waals surface area contributed by atoms with Crippen molar-refractivity contribution < 1.29 is 4.79 Å². The van der Waals surface area contributed by atoms with E-state index in [0.29, 0.717) is 18.8 Å². The van der Waals surface area contributed by atoms with Crippen LogP contribution in [-0.2, 0) is 11.8 Å². The first kappa shape index (κ1) is 9.73. The van der Waals surface area contributed by atoms with E-state index in [1.165, 1.54) is 0 Å². The number of carbonyl (C=O) groups excluding carboxylic acids is 1. The van der Waals surface area contributed by atoms with Crippen molar-refractivity contribution in [1.82, 2.24) is 9.78 Å². The van der Waals surface area contributed by atoms with Crippen molar-refractivity contribution >= 4 is 11.7 Å². The van der Waals surface area contributed by atoms with Gasteiger partial charge in [0.25, 0.3) is 0 Å². The van der Waals surface area contributed by atoms with Gasteiger partial charge in [0, 0.05) is 26.1 Å². The number of aryl methyl sites for hydroxylation is 2. The molecule has 0 fully saturated rings. The van der Waals surface area contributed by atoms with Crippen LogP contribution in [0.2, 0.25) is 0 Å². The van der Waals surface area contributed by atoms with Crippen LogP contribution in [0.5, 0.6) is 0 Å². The number of nitrogens with zero attached hydrogens (tertiary/aromatic N) is 2. The van der Waals surface area contributed by atoms with Crippen molar-refractivity contribution in [2.45, 2.75) is 13.3 Å². The number of anilines is 1. The third kappa shape index (κ3) is 2.55. The predicted octanol–water partition coefficient (Wildman–Crippen LogP) is 0.0158. The second kappa shape index (κ2) is 4.04. The fourth-order valence-corrected chi connectivity index (χ4v) is 1.06. The minimum Gasteiger partial charge on any atom is -0.330 e. The van der Waals surface area contributed by atoms with Crippen LogP contribution in [0.15, 0.2) is 6.07 Å². The Bertz CT molecular complexity index is 305. The first-order chi connectivity index (χ1) is 6.13. The Morgan fingerprint density at radius 2 is 2.46 bits per heavy atom. The smallest absolute Gasteiger partial charge is 0.226 e. The summed E-state index contributed by atoms with van der Waals surface area (Å²) in [6.07, 6.45) is 0.338. The molecule has 5 nitrogen and oxygen atoms in total. The highest BCUT2D eigenvalue weighted by Crippen LogP contribution is 2.07.